The van der Waals surface area contributed by atoms with Crippen LogP contribution in [-0.2, 0) is 30.6 Å². The van der Waals surface area contributed by atoms with E-state index in [1.807, 2.05) is 12.2 Å². The molecule has 4 heterocycles. The summed E-state index contributed by atoms with van der Waals surface area (Å²) >= 11 is 3.09. The number of nitrogens with one attached hydrogen (secondary N) is 1. The average Bonchev–Trinajstić information content (AvgIpc) is 3.69. The zero-order valence-electron chi connectivity index (χ0n) is 20.4. The van der Waals surface area contributed by atoms with Crippen molar-refractivity contribution in [3.63, 3.8) is 0 Å². The number of carbonyl (C=O) groups is 4. The smallest absolute Gasteiger partial charge is 0.325 e. The zero-order chi connectivity index (χ0) is 28.4. The Morgan fingerprint density at radius 3 is 2.85 bits per heavy atom. The van der Waals surface area contributed by atoms with Crippen LogP contribution >= 0.6 is 35.1 Å². The molecule has 2 aliphatic heterocycles. The number of nitrogens with zero attached hydrogens (tertiary/aromatic N) is 8. The molecule has 0 aromatic carbocycles. The highest BCUT2D eigenvalue weighted by Gasteiger charge is 2.57. The Morgan fingerprint density at radius 2 is 2.17 bits per heavy atom. The third-order valence-corrected chi connectivity index (χ3v) is 9.64. The fourth-order valence-electron chi connectivity index (χ4n) is 4.17. The second-order valence-electron chi connectivity index (χ2n) is 9.05. The summed E-state index contributed by atoms with van der Waals surface area (Å²) in [6, 6.07) is -0.924. The Bertz CT molecular complexity index is 1400. The van der Waals surface area contributed by atoms with E-state index in [-0.39, 0.29) is 46.0 Å². The molecule has 17 nitrogen and oxygen atoms in total. The number of amides is 2. The van der Waals surface area contributed by atoms with E-state index in [1.54, 1.807) is 0 Å². The van der Waals surface area contributed by atoms with E-state index in [4.69, 9.17) is 15.7 Å². The quantitative estimate of drug-likeness (QED) is 0.0775. The molecule has 2 aromatic rings. The number of tetrazole rings is 1. The van der Waals surface area contributed by atoms with Crippen LogP contribution < -0.4 is 11.1 Å². The molecule has 5 rings (SSSR count). The first-order valence-electron chi connectivity index (χ1n) is 11.7. The SMILES string of the molecule is Nc1nc(C(=NOC2C=CCC2)C(=O)NC2C(=O)N3CC(CSc4nnnn4CC(=O)O)(C(=O)O)CS[C@H]23)ns1. The number of hydrogen-bond donors (Lipinski definition) is 4. The lowest BCUT2D eigenvalue weighted by atomic mass is 9.89. The zero-order valence-corrected chi connectivity index (χ0v) is 22.9. The van der Waals surface area contributed by atoms with Gasteiger partial charge in [0.15, 0.2) is 5.13 Å². The van der Waals surface area contributed by atoms with E-state index in [9.17, 15) is 24.3 Å². The summed E-state index contributed by atoms with van der Waals surface area (Å²) in [6.45, 7) is -0.587. The molecule has 0 bridgehead atoms. The van der Waals surface area contributed by atoms with E-state index < -0.39 is 47.1 Å². The van der Waals surface area contributed by atoms with Crippen LogP contribution in [0.4, 0.5) is 5.13 Å². The van der Waals surface area contributed by atoms with Gasteiger partial charge in [-0.2, -0.15) is 9.36 Å². The third-order valence-electron chi connectivity index (χ3n) is 6.26. The highest BCUT2D eigenvalue weighted by atomic mass is 32.2. The molecule has 0 radical (unpaired) electrons. The molecule has 2 amide bonds. The van der Waals surface area contributed by atoms with Gasteiger partial charge in [-0.05, 0) is 29.3 Å². The van der Waals surface area contributed by atoms with Crippen LogP contribution in [0.2, 0.25) is 0 Å². The van der Waals surface area contributed by atoms with Crippen molar-refractivity contribution in [2.45, 2.75) is 42.1 Å². The minimum absolute atomic E-state index is 0.0104. The molecule has 0 saturated carbocycles. The first-order valence-corrected chi connectivity index (χ1v) is 14.5. The van der Waals surface area contributed by atoms with Crippen LogP contribution in [0.5, 0.6) is 0 Å². The number of carboxylic acid groups (broad SMARTS) is 2. The number of nitrogens with two attached hydrogens (primary N) is 1. The van der Waals surface area contributed by atoms with Crippen molar-refractivity contribution in [3.05, 3.63) is 18.0 Å². The maximum atomic E-state index is 13.2. The minimum Gasteiger partial charge on any atom is -0.481 e. The Labute approximate surface area is 237 Å². The normalized spacial score (nSPS) is 25.8. The number of hydrogen-bond acceptors (Lipinski definition) is 15. The van der Waals surface area contributed by atoms with Crippen molar-refractivity contribution >= 4 is 69.7 Å². The number of carbonyl (C=O) groups excluding carboxylic acids is 2. The summed E-state index contributed by atoms with van der Waals surface area (Å²) in [4.78, 5) is 60.4. The van der Waals surface area contributed by atoms with Crippen molar-refractivity contribution in [1.82, 2.24) is 39.8 Å². The minimum atomic E-state index is -1.35. The lowest BCUT2D eigenvalue weighted by Gasteiger charge is -2.53. The number of aliphatic carboxylic acids is 2. The van der Waals surface area contributed by atoms with Gasteiger partial charge in [-0.1, -0.05) is 23.0 Å². The lowest BCUT2D eigenvalue weighted by molar-refractivity contribution is -0.157. The van der Waals surface area contributed by atoms with Gasteiger partial charge < -0.3 is 31.0 Å². The first kappa shape index (κ1) is 27.8. The lowest BCUT2D eigenvalue weighted by Crippen LogP contribution is -2.74. The molecule has 3 aliphatic rings. The number of carboxylic acids is 2. The maximum absolute atomic E-state index is 13.2. The number of allylic oxidation sites excluding steroid dienone is 1. The molecular weight excluding hydrogens is 588 g/mol. The number of β-lactam (4-membered cyclic amide) rings is 1. The molecule has 0 spiro atoms. The molecule has 20 heteroatoms. The van der Waals surface area contributed by atoms with Crippen LogP contribution in [-0.4, -0.2) is 110 Å². The van der Waals surface area contributed by atoms with Gasteiger partial charge in [0, 0.05) is 29.6 Å². The molecule has 3 unspecified atom stereocenters. The van der Waals surface area contributed by atoms with Gasteiger partial charge in [-0.3, -0.25) is 19.2 Å². The number of fused-ring (bicyclic) bond motifs is 1. The Kier molecular flexibility index (Phi) is 7.90. The summed E-state index contributed by atoms with van der Waals surface area (Å²) in [5.74, 6) is -3.38. The summed E-state index contributed by atoms with van der Waals surface area (Å²) in [6.07, 6.45) is 4.99. The number of thioether (sulfide) groups is 2. The van der Waals surface area contributed by atoms with E-state index >= 15 is 0 Å². The topological polar surface area (TPSA) is 241 Å². The monoisotopic (exact) mass is 610 g/mol. The molecule has 5 N–H and O–H groups in total. The van der Waals surface area contributed by atoms with Gasteiger partial charge >= 0.3 is 11.9 Å². The van der Waals surface area contributed by atoms with Crippen molar-refractivity contribution in [2.75, 3.05) is 23.8 Å². The molecule has 212 valence electrons. The summed E-state index contributed by atoms with van der Waals surface area (Å²) in [5, 5.41) is 36.3. The average molecular weight is 611 g/mol. The highest BCUT2D eigenvalue weighted by molar-refractivity contribution is 8.00. The van der Waals surface area contributed by atoms with Gasteiger partial charge in [0.25, 0.3) is 5.91 Å². The largest absolute Gasteiger partial charge is 0.481 e. The van der Waals surface area contributed by atoms with Gasteiger partial charge in [0.05, 0.1) is 0 Å². The van der Waals surface area contributed by atoms with Crippen molar-refractivity contribution in [2.24, 2.45) is 10.6 Å². The van der Waals surface area contributed by atoms with Crippen LogP contribution in [0.3, 0.4) is 0 Å². The van der Waals surface area contributed by atoms with E-state index in [2.05, 4.69) is 35.4 Å². The van der Waals surface area contributed by atoms with Gasteiger partial charge in [0.2, 0.25) is 22.6 Å². The maximum Gasteiger partial charge on any atom is 0.325 e. The van der Waals surface area contributed by atoms with Crippen molar-refractivity contribution < 1.29 is 34.2 Å². The molecule has 40 heavy (non-hydrogen) atoms. The number of anilines is 1. The van der Waals surface area contributed by atoms with Crippen molar-refractivity contribution in [3.8, 4) is 0 Å². The van der Waals surface area contributed by atoms with Gasteiger partial charge in [-0.15, -0.1) is 16.9 Å². The number of rotatable bonds is 11. The Balaban J connectivity index is 1.25. The Hall–Kier alpha value is -3.78. The van der Waals surface area contributed by atoms with Gasteiger partial charge in [-0.25, -0.2) is 4.68 Å². The molecule has 1 aliphatic carbocycles. The van der Waals surface area contributed by atoms with E-state index in [0.29, 0.717) is 6.42 Å². The molecule has 2 aromatic heterocycles. The van der Waals surface area contributed by atoms with E-state index in [1.165, 1.54) is 16.7 Å². The third kappa shape index (κ3) is 5.59. The van der Waals surface area contributed by atoms with Gasteiger partial charge in [0.1, 0.15) is 29.5 Å². The molecular formula is C20H22N10O7S3. The standard InChI is InChI=1S/C20H22N10O7S3/c21-18-23-13(26-40-18)11(25-37-9-3-1-2-4-9)14(33)22-12-15(34)29-6-20(17(35)36,7-38-16(12)29)8-39-19-24-27-28-30(19)5-10(31)32/h1,3,9,12,16H,2,4-8H2,(H,22,33)(H,31,32)(H,35,36)(H2,21,23,26)/t9?,12?,16-,20?/m1/s1. The number of aromatic nitrogens is 6. The van der Waals surface area contributed by atoms with Crippen LogP contribution in [0.25, 0.3) is 0 Å². The summed E-state index contributed by atoms with van der Waals surface area (Å²) in [7, 11) is 0. The molecule has 2 fully saturated rings. The summed E-state index contributed by atoms with van der Waals surface area (Å²) < 4.78 is 5.09. The number of nitrogen functional groups attached to an aromatic ring is 1. The molecule has 4 atom stereocenters. The van der Waals surface area contributed by atoms with Crippen molar-refractivity contribution in [1.29, 1.82) is 0 Å². The first-order chi connectivity index (χ1) is 19.2. The van der Waals surface area contributed by atoms with E-state index in [0.717, 1.165) is 34.4 Å². The second kappa shape index (κ2) is 11.4. The van der Waals surface area contributed by atoms with Crippen LogP contribution in [0.15, 0.2) is 22.5 Å². The fourth-order valence-corrected chi connectivity index (χ4v) is 7.35. The Morgan fingerprint density at radius 1 is 1.35 bits per heavy atom. The second-order valence-corrected chi connectivity index (χ2v) is 11.9. The predicted molar refractivity (Wildman–Crippen MR) is 140 cm³/mol. The predicted octanol–water partition coefficient (Wildman–Crippen LogP) is -1.11. The fraction of sp³-hybridized carbons (Fsp3) is 0.500. The van der Waals surface area contributed by atoms with Crippen LogP contribution in [0.1, 0.15) is 18.7 Å². The molecule has 2 saturated heterocycles. The van der Waals surface area contributed by atoms with Crippen LogP contribution in [0, 0.1) is 5.41 Å². The summed E-state index contributed by atoms with van der Waals surface area (Å²) in [5.41, 5.74) is 4.09. The number of oxime groups is 1. The highest BCUT2D eigenvalue weighted by Crippen LogP contribution is 2.44.